The molecule has 1 saturated heterocycles. The molecule has 1 saturated carbocycles. The number of rotatable bonds is 7. The van der Waals surface area contributed by atoms with E-state index in [-0.39, 0.29) is 6.04 Å². The first kappa shape index (κ1) is 26.8. The van der Waals surface area contributed by atoms with Crippen molar-refractivity contribution in [2.24, 2.45) is 0 Å². The number of nitrogens with one attached hydrogen (secondary N) is 1. The fraction of sp³-hybridized carbons (Fsp3) is 0.433. The molecule has 40 heavy (non-hydrogen) atoms. The molecule has 2 aromatic heterocycles. The molecule has 3 heterocycles. The van der Waals surface area contributed by atoms with E-state index in [1.165, 1.54) is 19.2 Å². The number of aromatic nitrogens is 4. The lowest BCUT2D eigenvalue weighted by atomic mass is 9.90. The van der Waals surface area contributed by atoms with Gasteiger partial charge >= 0.3 is 0 Å². The summed E-state index contributed by atoms with van der Waals surface area (Å²) >= 11 is 6.35. The lowest BCUT2D eigenvalue weighted by Crippen LogP contribution is -2.49. The first-order valence-electron chi connectivity index (χ1n) is 14.1. The highest BCUT2D eigenvalue weighted by Gasteiger charge is 2.30. The summed E-state index contributed by atoms with van der Waals surface area (Å²) in [5.41, 5.74) is 10.8. The van der Waals surface area contributed by atoms with Crippen LogP contribution in [-0.2, 0) is 6.54 Å². The number of likely N-dealkylation sites (N-methyl/N-ethyl adjacent to an activating group) is 1. The van der Waals surface area contributed by atoms with Crippen LogP contribution in [0.15, 0.2) is 48.8 Å². The molecule has 1 aliphatic carbocycles. The van der Waals surface area contributed by atoms with Crippen LogP contribution >= 0.6 is 11.6 Å². The first-order chi connectivity index (χ1) is 19.5. The van der Waals surface area contributed by atoms with Gasteiger partial charge in [0.2, 0.25) is 0 Å². The summed E-state index contributed by atoms with van der Waals surface area (Å²) in [5, 5.41) is 10.1. The van der Waals surface area contributed by atoms with Crippen LogP contribution in [0.3, 0.4) is 0 Å². The maximum absolute atomic E-state index is 6.42. The highest BCUT2D eigenvalue weighted by atomic mass is 35.5. The third-order valence-electron chi connectivity index (χ3n) is 8.49. The van der Waals surface area contributed by atoms with E-state index in [4.69, 9.17) is 27.2 Å². The van der Waals surface area contributed by atoms with Gasteiger partial charge in [-0.2, -0.15) is 5.10 Å². The van der Waals surface area contributed by atoms with Crippen molar-refractivity contribution in [3.63, 3.8) is 0 Å². The van der Waals surface area contributed by atoms with E-state index in [2.05, 4.69) is 36.8 Å². The molecular formula is C30H37ClN8O. The molecule has 1 aliphatic heterocycles. The molecule has 210 valence electrons. The normalized spacial score (nSPS) is 20.6. The summed E-state index contributed by atoms with van der Waals surface area (Å²) in [7, 11) is 3.88. The SMILES string of the molecule is COc1cc(-c2nn([C@H]3CC[C@H](N4CCN(C)CC4)CC3)c3ncnc(N)c23)ccc1NCc1ccccc1Cl. The third-order valence-corrected chi connectivity index (χ3v) is 8.86. The Morgan fingerprint density at radius 3 is 2.50 bits per heavy atom. The topological polar surface area (TPSA) is 97.4 Å². The average Bonchev–Trinajstić information content (AvgIpc) is 3.38. The number of anilines is 2. The van der Waals surface area contributed by atoms with Crippen molar-refractivity contribution >= 4 is 34.1 Å². The van der Waals surface area contributed by atoms with E-state index >= 15 is 0 Å². The fourth-order valence-electron chi connectivity index (χ4n) is 6.12. The van der Waals surface area contributed by atoms with Crippen molar-refractivity contribution in [1.29, 1.82) is 0 Å². The molecule has 9 nitrogen and oxygen atoms in total. The van der Waals surface area contributed by atoms with E-state index in [9.17, 15) is 0 Å². The highest BCUT2D eigenvalue weighted by Crippen LogP contribution is 2.39. The monoisotopic (exact) mass is 560 g/mol. The molecule has 10 heteroatoms. The molecule has 2 fully saturated rings. The molecule has 4 aromatic rings. The molecule has 3 N–H and O–H groups in total. The van der Waals surface area contributed by atoms with Crippen LogP contribution in [-0.4, -0.2) is 75.9 Å². The fourth-order valence-corrected chi connectivity index (χ4v) is 6.33. The van der Waals surface area contributed by atoms with E-state index in [0.717, 1.165) is 83.3 Å². The molecule has 0 atom stereocenters. The number of methoxy groups -OCH3 is 1. The summed E-state index contributed by atoms with van der Waals surface area (Å²) in [6.45, 7) is 5.22. The number of ether oxygens (including phenoxy) is 1. The second-order valence-corrected chi connectivity index (χ2v) is 11.3. The minimum atomic E-state index is 0.285. The Balaban J connectivity index is 1.25. The van der Waals surface area contributed by atoms with Gasteiger partial charge in [-0.15, -0.1) is 0 Å². The average molecular weight is 561 g/mol. The number of benzene rings is 2. The Bertz CT molecular complexity index is 1470. The molecule has 0 amide bonds. The minimum Gasteiger partial charge on any atom is -0.495 e. The van der Waals surface area contributed by atoms with Crippen molar-refractivity contribution in [3.8, 4) is 17.0 Å². The summed E-state index contributed by atoms with van der Waals surface area (Å²) < 4.78 is 7.86. The zero-order valence-corrected chi connectivity index (χ0v) is 23.9. The molecule has 0 bridgehead atoms. The van der Waals surface area contributed by atoms with Crippen LogP contribution in [0.4, 0.5) is 11.5 Å². The number of piperazine rings is 1. The summed E-state index contributed by atoms with van der Waals surface area (Å²) in [6.07, 6.45) is 6.03. The van der Waals surface area contributed by atoms with Crippen LogP contribution in [0.2, 0.25) is 5.02 Å². The molecular weight excluding hydrogens is 524 g/mol. The third kappa shape index (κ3) is 5.33. The van der Waals surface area contributed by atoms with Gasteiger partial charge in [0.1, 0.15) is 23.6 Å². The molecule has 0 radical (unpaired) electrons. The summed E-state index contributed by atoms with van der Waals surface area (Å²) in [5.74, 6) is 1.16. The Morgan fingerprint density at radius 2 is 1.75 bits per heavy atom. The number of halogens is 1. The Labute approximate surface area is 240 Å². The molecule has 0 unspecified atom stereocenters. The number of nitrogen functional groups attached to an aromatic ring is 1. The number of fused-ring (bicyclic) bond motifs is 1. The van der Waals surface area contributed by atoms with E-state index in [1.807, 2.05) is 42.5 Å². The maximum Gasteiger partial charge on any atom is 0.164 e. The van der Waals surface area contributed by atoms with Crippen molar-refractivity contribution in [2.75, 3.05) is 51.4 Å². The first-order valence-corrected chi connectivity index (χ1v) is 14.5. The van der Waals surface area contributed by atoms with Gasteiger partial charge in [0, 0.05) is 49.4 Å². The van der Waals surface area contributed by atoms with Gasteiger partial charge in [-0.05, 0) is 56.5 Å². The molecule has 2 aromatic carbocycles. The molecule has 2 aliphatic rings. The zero-order chi connectivity index (χ0) is 27.6. The molecule has 6 rings (SSSR count). The van der Waals surface area contributed by atoms with Gasteiger partial charge in [0.25, 0.3) is 0 Å². The van der Waals surface area contributed by atoms with Gasteiger partial charge in [0.05, 0.1) is 24.2 Å². The number of hydrogen-bond acceptors (Lipinski definition) is 8. The summed E-state index contributed by atoms with van der Waals surface area (Å²) in [6, 6.07) is 14.8. The van der Waals surface area contributed by atoms with Crippen molar-refractivity contribution in [1.82, 2.24) is 29.5 Å². The van der Waals surface area contributed by atoms with Gasteiger partial charge in [-0.25, -0.2) is 14.6 Å². The smallest absolute Gasteiger partial charge is 0.164 e. The lowest BCUT2D eigenvalue weighted by molar-refractivity contribution is 0.0815. The van der Waals surface area contributed by atoms with Crippen molar-refractivity contribution in [2.45, 2.75) is 44.3 Å². The van der Waals surface area contributed by atoms with Gasteiger partial charge in [-0.1, -0.05) is 35.9 Å². The van der Waals surface area contributed by atoms with Crippen LogP contribution in [0.5, 0.6) is 5.75 Å². The van der Waals surface area contributed by atoms with E-state index < -0.39 is 0 Å². The van der Waals surface area contributed by atoms with Gasteiger partial charge in [0.15, 0.2) is 5.65 Å². The second kappa shape index (κ2) is 11.6. The van der Waals surface area contributed by atoms with Crippen LogP contribution in [0.25, 0.3) is 22.3 Å². The van der Waals surface area contributed by atoms with E-state index in [1.54, 1.807) is 7.11 Å². The van der Waals surface area contributed by atoms with Crippen LogP contribution < -0.4 is 15.8 Å². The number of nitrogens with zero attached hydrogens (tertiary/aromatic N) is 6. The number of nitrogens with two attached hydrogens (primary N) is 1. The second-order valence-electron chi connectivity index (χ2n) is 10.9. The summed E-state index contributed by atoms with van der Waals surface area (Å²) in [4.78, 5) is 14.1. The Morgan fingerprint density at radius 1 is 1.00 bits per heavy atom. The minimum absolute atomic E-state index is 0.285. The Kier molecular flexibility index (Phi) is 7.78. The largest absolute Gasteiger partial charge is 0.495 e. The quantitative estimate of drug-likeness (QED) is 0.323. The predicted molar refractivity (Wildman–Crippen MR) is 161 cm³/mol. The van der Waals surface area contributed by atoms with E-state index in [0.29, 0.717) is 18.4 Å². The van der Waals surface area contributed by atoms with Crippen molar-refractivity contribution in [3.05, 3.63) is 59.4 Å². The standard InChI is InChI=1S/C30H37ClN8O/c1-37-13-15-38(16-14-37)22-8-10-23(11-9-22)39-30-27(29(32)34-19-35-30)28(36-39)20-7-12-25(26(17-20)40-2)33-18-21-5-3-4-6-24(21)31/h3-7,12,17,19,22-23,33H,8-11,13-16,18H2,1-2H3,(H2,32,34,35)/t22-,23-. The predicted octanol–water partition coefficient (Wildman–Crippen LogP) is 5.08. The van der Waals surface area contributed by atoms with Crippen LogP contribution in [0.1, 0.15) is 37.3 Å². The maximum atomic E-state index is 6.42. The van der Waals surface area contributed by atoms with Gasteiger partial charge in [-0.3, -0.25) is 4.90 Å². The highest BCUT2D eigenvalue weighted by molar-refractivity contribution is 6.31. The molecule has 0 spiro atoms. The lowest BCUT2D eigenvalue weighted by Gasteiger charge is -2.41. The van der Waals surface area contributed by atoms with Crippen LogP contribution in [0, 0.1) is 0 Å². The van der Waals surface area contributed by atoms with Crippen molar-refractivity contribution < 1.29 is 4.74 Å². The zero-order valence-electron chi connectivity index (χ0n) is 23.2. The number of hydrogen-bond donors (Lipinski definition) is 2. The Hall–Kier alpha value is -3.40. The van der Waals surface area contributed by atoms with Gasteiger partial charge < -0.3 is 20.7 Å².